The van der Waals surface area contributed by atoms with Crippen molar-refractivity contribution in [3.63, 3.8) is 0 Å². The van der Waals surface area contributed by atoms with Crippen LogP contribution in [0.15, 0.2) is 57.9 Å². The van der Waals surface area contributed by atoms with Crippen LogP contribution in [0.5, 0.6) is 0 Å². The van der Waals surface area contributed by atoms with Crippen LogP contribution in [0, 0.1) is 12.8 Å². The summed E-state index contributed by atoms with van der Waals surface area (Å²) in [5.74, 6) is -0.182. The molecule has 0 aromatic heterocycles. The number of benzene rings is 2. The lowest BCUT2D eigenvalue weighted by Gasteiger charge is -2.31. The summed E-state index contributed by atoms with van der Waals surface area (Å²) in [6, 6.07) is 14.6. The minimum Gasteiger partial charge on any atom is -0.349 e. The minimum atomic E-state index is -3.50. The Kier molecular flexibility index (Phi) is 6.58. The molecule has 2 aromatic rings. The molecule has 1 atom stereocenters. The third-order valence-corrected chi connectivity index (χ3v) is 7.60. The van der Waals surface area contributed by atoms with Crippen LogP contribution in [0.1, 0.15) is 36.9 Å². The summed E-state index contributed by atoms with van der Waals surface area (Å²) >= 11 is 3.45. The van der Waals surface area contributed by atoms with Crippen LogP contribution in [-0.4, -0.2) is 31.7 Å². The fourth-order valence-corrected chi connectivity index (χ4v) is 5.29. The van der Waals surface area contributed by atoms with E-state index in [2.05, 4.69) is 21.2 Å². The molecule has 0 aliphatic carbocycles. The van der Waals surface area contributed by atoms with Crippen LogP contribution in [0.4, 0.5) is 0 Å². The zero-order chi connectivity index (χ0) is 20.3. The number of aryl methyl sites for hydroxylation is 1. The molecule has 1 unspecified atom stereocenters. The molecule has 0 bridgehead atoms. The van der Waals surface area contributed by atoms with E-state index in [1.807, 2.05) is 38.1 Å². The maximum absolute atomic E-state index is 12.8. The molecular formula is C21H25BrN2O3S. The Labute approximate surface area is 175 Å². The first-order valence-electron chi connectivity index (χ1n) is 9.40. The number of rotatable bonds is 5. The zero-order valence-electron chi connectivity index (χ0n) is 16.1. The number of sulfonamides is 1. The molecule has 1 heterocycles. The van der Waals surface area contributed by atoms with Crippen LogP contribution < -0.4 is 5.32 Å². The van der Waals surface area contributed by atoms with E-state index < -0.39 is 10.0 Å². The summed E-state index contributed by atoms with van der Waals surface area (Å²) in [5.41, 5.74) is 2.05. The molecule has 0 spiro atoms. The van der Waals surface area contributed by atoms with Crippen molar-refractivity contribution in [3.8, 4) is 0 Å². The van der Waals surface area contributed by atoms with E-state index in [0.29, 0.717) is 30.8 Å². The smallest absolute Gasteiger partial charge is 0.243 e. The third-order valence-electron chi connectivity index (χ3n) is 5.19. The average Bonchev–Trinajstić information content (AvgIpc) is 2.68. The van der Waals surface area contributed by atoms with E-state index in [1.165, 1.54) is 4.31 Å². The lowest BCUT2D eigenvalue weighted by Crippen LogP contribution is -2.43. The third kappa shape index (κ3) is 4.82. The summed E-state index contributed by atoms with van der Waals surface area (Å²) in [6.45, 7) is 4.60. The molecule has 150 valence electrons. The number of carbonyl (C=O) groups excluding carboxylic acids is 1. The van der Waals surface area contributed by atoms with E-state index in [9.17, 15) is 13.2 Å². The van der Waals surface area contributed by atoms with Crippen LogP contribution in [0.2, 0.25) is 0 Å². The molecule has 0 saturated carbocycles. The Morgan fingerprint density at radius 2 is 1.79 bits per heavy atom. The van der Waals surface area contributed by atoms with Gasteiger partial charge in [-0.1, -0.05) is 45.8 Å². The van der Waals surface area contributed by atoms with Crippen molar-refractivity contribution in [2.24, 2.45) is 5.92 Å². The predicted octanol–water partition coefficient (Wildman–Crippen LogP) is 4.04. The molecular weight excluding hydrogens is 440 g/mol. The number of nitrogens with one attached hydrogen (secondary N) is 1. The normalized spacial score (nSPS) is 17.2. The Hall–Kier alpha value is -1.70. The molecule has 3 rings (SSSR count). The van der Waals surface area contributed by atoms with Gasteiger partial charge in [0.25, 0.3) is 0 Å². The summed E-state index contributed by atoms with van der Waals surface area (Å²) in [7, 11) is -3.50. The quantitative estimate of drug-likeness (QED) is 0.725. The Morgan fingerprint density at radius 1 is 1.14 bits per heavy atom. The topological polar surface area (TPSA) is 66.5 Å². The molecule has 2 aromatic carbocycles. The highest BCUT2D eigenvalue weighted by molar-refractivity contribution is 9.10. The summed E-state index contributed by atoms with van der Waals surface area (Å²) in [6.07, 6.45) is 1.06. The van der Waals surface area contributed by atoms with E-state index in [-0.39, 0.29) is 17.9 Å². The van der Waals surface area contributed by atoms with Crippen LogP contribution >= 0.6 is 15.9 Å². The Bertz CT molecular complexity index is 936. The van der Waals surface area contributed by atoms with Gasteiger partial charge in [-0.15, -0.1) is 0 Å². The largest absolute Gasteiger partial charge is 0.349 e. The van der Waals surface area contributed by atoms with E-state index in [0.717, 1.165) is 15.6 Å². The van der Waals surface area contributed by atoms with E-state index in [1.54, 1.807) is 24.3 Å². The molecule has 1 fully saturated rings. The molecule has 1 aliphatic heterocycles. The van der Waals surface area contributed by atoms with Gasteiger partial charge < -0.3 is 5.32 Å². The highest BCUT2D eigenvalue weighted by Gasteiger charge is 2.32. The second-order valence-electron chi connectivity index (χ2n) is 7.28. The van der Waals surface area contributed by atoms with E-state index >= 15 is 0 Å². The summed E-state index contributed by atoms with van der Waals surface area (Å²) < 4.78 is 28.0. The highest BCUT2D eigenvalue weighted by atomic mass is 79.9. The van der Waals surface area contributed by atoms with Crippen molar-refractivity contribution >= 4 is 31.9 Å². The SMILES string of the molecule is Cc1ccc(S(=O)(=O)N2CCC(C(=O)NC(C)c3cccc(Br)c3)CC2)cc1. The second kappa shape index (κ2) is 8.76. The molecule has 1 saturated heterocycles. The fraction of sp³-hybridized carbons (Fsp3) is 0.381. The maximum Gasteiger partial charge on any atom is 0.243 e. The number of piperidine rings is 1. The Balaban J connectivity index is 1.58. The molecule has 0 radical (unpaired) electrons. The first-order chi connectivity index (χ1) is 13.3. The molecule has 7 heteroatoms. The number of halogens is 1. The lowest BCUT2D eigenvalue weighted by molar-refractivity contribution is -0.126. The number of hydrogen-bond donors (Lipinski definition) is 1. The van der Waals surface area contributed by atoms with Crippen LogP contribution in [0.25, 0.3) is 0 Å². The lowest BCUT2D eigenvalue weighted by atomic mass is 9.96. The standard InChI is InChI=1S/C21H25BrN2O3S/c1-15-6-8-20(9-7-15)28(26,27)24-12-10-17(11-13-24)21(25)23-16(2)18-4-3-5-19(22)14-18/h3-9,14,16-17H,10-13H2,1-2H3,(H,23,25). The van der Waals surface area contributed by atoms with Crippen molar-refractivity contribution in [2.75, 3.05) is 13.1 Å². The maximum atomic E-state index is 12.8. The first kappa shape index (κ1) is 21.0. The number of nitrogens with zero attached hydrogens (tertiary/aromatic N) is 1. The molecule has 1 amide bonds. The van der Waals surface area contributed by atoms with Gasteiger partial charge in [0, 0.05) is 23.5 Å². The average molecular weight is 465 g/mol. The monoisotopic (exact) mass is 464 g/mol. The second-order valence-corrected chi connectivity index (χ2v) is 10.1. The van der Waals surface area contributed by atoms with Crippen molar-refractivity contribution in [1.82, 2.24) is 9.62 Å². The minimum absolute atomic E-state index is 0.0140. The number of carbonyl (C=O) groups is 1. The van der Waals surface area contributed by atoms with Crippen molar-refractivity contribution in [1.29, 1.82) is 0 Å². The van der Waals surface area contributed by atoms with Crippen molar-refractivity contribution in [3.05, 3.63) is 64.1 Å². The van der Waals surface area contributed by atoms with Gasteiger partial charge in [-0.25, -0.2) is 8.42 Å². The van der Waals surface area contributed by atoms with Crippen LogP contribution in [0.3, 0.4) is 0 Å². The van der Waals surface area contributed by atoms with Gasteiger partial charge >= 0.3 is 0 Å². The Morgan fingerprint density at radius 3 is 2.39 bits per heavy atom. The van der Waals surface area contributed by atoms with Gasteiger partial charge in [0.05, 0.1) is 10.9 Å². The summed E-state index contributed by atoms with van der Waals surface area (Å²) in [5, 5.41) is 3.06. The van der Waals surface area contributed by atoms with Gasteiger partial charge in [0.2, 0.25) is 15.9 Å². The molecule has 1 N–H and O–H groups in total. The van der Waals surface area contributed by atoms with Crippen molar-refractivity contribution in [2.45, 2.75) is 37.6 Å². The van der Waals surface area contributed by atoms with Gasteiger partial charge in [0.1, 0.15) is 0 Å². The van der Waals surface area contributed by atoms with E-state index in [4.69, 9.17) is 0 Å². The van der Waals surface area contributed by atoms with Crippen molar-refractivity contribution < 1.29 is 13.2 Å². The van der Waals surface area contributed by atoms with Gasteiger partial charge in [-0.3, -0.25) is 4.79 Å². The zero-order valence-corrected chi connectivity index (χ0v) is 18.5. The first-order valence-corrected chi connectivity index (χ1v) is 11.6. The van der Waals surface area contributed by atoms with Gasteiger partial charge in [-0.2, -0.15) is 4.31 Å². The fourth-order valence-electron chi connectivity index (χ4n) is 3.41. The molecule has 1 aliphatic rings. The molecule has 28 heavy (non-hydrogen) atoms. The highest BCUT2D eigenvalue weighted by Crippen LogP contribution is 2.25. The summed E-state index contributed by atoms with van der Waals surface area (Å²) in [4.78, 5) is 12.9. The van der Waals surface area contributed by atoms with Gasteiger partial charge in [-0.05, 0) is 56.5 Å². The number of amides is 1. The van der Waals surface area contributed by atoms with Crippen LogP contribution in [-0.2, 0) is 14.8 Å². The van der Waals surface area contributed by atoms with Gasteiger partial charge in [0.15, 0.2) is 0 Å². The number of hydrogen-bond acceptors (Lipinski definition) is 3. The predicted molar refractivity (Wildman–Crippen MR) is 113 cm³/mol. The molecule has 5 nitrogen and oxygen atoms in total.